The van der Waals surface area contributed by atoms with Crippen LogP contribution in [0.5, 0.6) is 23.0 Å². The van der Waals surface area contributed by atoms with Crippen molar-refractivity contribution in [2.75, 3.05) is 52.4 Å². The zero-order valence-corrected chi connectivity index (χ0v) is 20.4. The van der Waals surface area contributed by atoms with Crippen molar-refractivity contribution in [3.8, 4) is 34.3 Å². The molecule has 9 nitrogen and oxygen atoms in total. The fourth-order valence-corrected chi connectivity index (χ4v) is 4.03. The number of alkyl halides is 3. The van der Waals surface area contributed by atoms with Gasteiger partial charge in [0.25, 0.3) is 5.91 Å². The average molecular weight is 518 g/mol. The van der Waals surface area contributed by atoms with E-state index in [1.807, 2.05) is 4.90 Å². The number of piperazine rings is 1. The summed E-state index contributed by atoms with van der Waals surface area (Å²) in [6.07, 6.45) is -3.27. The van der Waals surface area contributed by atoms with Gasteiger partial charge in [0, 0.05) is 37.9 Å². The van der Waals surface area contributed by atoms with Crippen molar-refractivity contribution in [1.29, 1.82) is 0 Å². The second-order valence-electron chi connectivity index (χ2n) is 7.98. The minimum atomic E-state index is -4.89. The number of anilines is 1. The maximum atomic E-state index is 13.0. The summed E-state index contributed by atoms with van der Waals surface area (Å²) in [6.45, 7) is 1.34. The number of nitrogens with zero attached hydrogens (tertiary/aromatic N) is 4. The molecule has 2 heterocycles. The molecule has 196 valence electrons. The normalized spacial score (nSPS) is 13.8. The molecule has 0 saturated carbocycles. The molecule has 1 aliphatic rings. The first-order valence-corrected chi connectivity index (χ1v) is 11.3. The molecule has 0 bridgehead atoms. The van der Waals surface area contributed by atoms with Crippen molar-refractivity contribution in [3.05, 3.63) is 54.2 Å². The number of hydrogen-bond acceptors (Lipinski definition) is 8. The van der Waals surface area contributed by atoms with Gasteiger partial charge in [-0.3, -0.25) is 4.79 Å². The lowest BCUT2D eigenvalue weighted by atomic mass is 10.1. The Labute approximate surface area is 211 Å². The fourth-order valence-electron chi connectivity index (χ4n) is 4.03. The molecule has 12 heteroatoms. The Kier molecular flexibility index (Phi) is 7.55. The number of ether oxygens (including phenoxy) is 4. The molecule has 0 atom stereocenters. The number of para-hydroxylation sites is 1. The number of benzene rings is 2. The number of rotatable bonds is 7. The lowest BCUT2D eigenvalue weighted by molar-refractivity contribution is -0.274. The number of amides is 1. The van der Waals surface area contributed by atoms with Gasteiger partial charge in [0.2, 0.25) is 11.7 Å². The molecule has 3 aromatic rings. The lowest BCUT2D eigenvalue weighted by Crippen LogP contribution is -2.49. The second kappa shape index (κ2) is 10.8. The summed E-state index contributed by atoms with van der Waals surface area (Å²) in [5.74, 6) is 0.832. The number of halogens is 3. The van der Waals surface area contributed by atoms with Gasteiger partial charge in [0.1, 0.15) is 5.75 Å². The quantitative estimate of drug-likeness (QED) is 0.464. The van der Waals surface area contributed by atoms with Gasteiger partial charge in [-0.05, 0) is 30.3 Å². The van der Waals surface area contributed by atoms with E-state index in [0.29, 0.717) is 42.0 Å². The molecule has 2 aromatic carbocycles. The third-order valence-electron chi connectivity index (χ3n) is 5.80. The highest BCUT2D eigenvalue weighted by atomic mass is 19.4. The molecule has 0 aliphatic carbocycles. The zero-order valence-electron chi connectivity index (χ0n) is 20.4. The Morgan fingerprint density at radius 2 is 1.54 bits per heavy atom. The van der Waals surface area contributed by atoms with Crippen molar-refractivity contribution in [3.63, 3.8) is 0 Å². The van der Waals surface area contributed by atoms with Crippen LogP contribution in [0.15, 0.2) is 48.7 Å². The van der Waals surface area contributed by atoms with E-state index < -0.39 is 18.0 Å². The highest BCUT2D eigenvalue weighted by Gasteiger charge is 2.34. The van der Waals surface area contributed by atoms with Crippen molar-refractivity contribution in [2.24, 2.45) is 0 Å². The van der Waals surface area contributed by atoms with Gasteiger partial charge in [-0.2, -0.15) is 0 Å². The minimum Gasteiger partial charge on any atom is -0.493 e. The number of methoxy groups -OCH3 is 3. The predicted octanol–water partition coefficient (Wildman–Crippen LogP) is 4.03. The van der Waals surface area contributed by atoms with Crippen LogP contribution in [0.4, 0.5) is 19.1 Å². The Morgan fingerprint density at radius 1 is 0.892 bits per heavy atom. The Bertz CT molecular complexity index is 1240. The highest BCUT2D eigenvalue weighted by Crippen LogP contribution is 2.41. The van der Waals surface area contributed by atoms with Crippen molar-refractivity contribution in [1.82, 2.24) is 14.9 Å². The van der Waals surface area contributed by atoms with Gasteiger partial charge >= 0.3 is 6.36 Å². The van der Waals surface area contributed by atoms with Crippen molar-refractivity contribution >= 4 is 11.9 Å². The van der Waals surface area contributed by atoms with Crippen LogP contribution in [0.3, 0.4) is 0 Å². The molecular formula is C25H25F3N4O5. The van der Waals surface area contributed by atoms with Gasteiger partial charge in [0.15, 0.2) is 11.5 Å². The first-order valence-electron chi connectivity index (χ1n) is 11.3. The molecule has 1 aromatic heterocycles. The van der Waals surface area contributed by atoms with E-state index in [9.17, 15) is 18.0 Å². The topological polar surface area (TPSA) is 86.3 Å². The summed E-state index contributed by atoms with van der Waals surface area (Å²) in [5, 5.41) is 0. The summed E-state index contributed by atoms with van der Waals surface area (Å²) in [4.78, 5) is 25.4. The largest absolute Gasteiger partial charge is 0.573 e. The van der Waals surface area contributed by atoms with Crippen LogP contribution in [0.25, 0.3) is 11.3 Å². The summed E-state index contributed by atoms with van der Waals surface area (Å²) in [7, 11) is 4.58. The maximum absolute atomic E-state index is 13.0. The maximum Gasteiger partial charge on any atom is 0.573 e. The van der Waals surface area contributed by atoms with E-state index in [1.165, 1.54) is 44.4 Å². The fraction of sp³-hybridized carbons (Fsp3) is 0.320. The summed E-state index contributed by atoms with van der Waals surface area (Å²) in [5.41, 5.74) is 1.21. The molecule has 4 rings (SSSR count). The van der Waals surface area contributed by atoms with Crippen LogP contribution < -0.4 is 23.8 Å². The molecule has 0 unspecified atom stereocenters. The van der Waals surface area contributed by atoms with Crippen LogP contribution in [-0.2, 0) is 0 Å². The number of hydrogen-bond donors (Lipinski definition) is 0. The van der Waals surface area contributed by atoms with Gasteiger partial charge in [-0.1, -0.05) is 12.1 Å². The Hall–Kier alpha value is -4.22. The number of carbonyl (C=O) groups excluding carboxylic acids is 1. The van der Waals surface area contributed by atoms with Crippen molar-refractivity contribution in [2.45, 2.75) is 6.36 Å². The van der Waals surface area contributed by atoms with Gasteiger partial charge in [-0.25, -0.2) is 9.97 Å². The lowest BCUT2D eigenvalue weighted by Gasteiger charge is -2.35. The average Bonchev–Trinajstić information content (AvgIpc) is 2.91. The molecule has 0 spiro atoms. The second-order valence-corrected chi connectivity index (χ2v) is 7.98. The predicted molar refractivity (Wildman–Crippen MR) is 128 cm³/mol. The third-order valence-corrected chi connectivity index (χ3v) is 5.80. The van der Waals surface area contributed by atoms with Crippen LogP contribution in [-0.4, -0.2) is 74.6 Å². The van der Waals surface area contributed by atoms with E-state index in [2.05, 4.69) is 14.7 Å². The number of aromatic nitrogens is 2. The van der Waals surface area contributed by atoms with E-state index in [1.54, 1.807) is 24.4 Å². The minimum absolute atomic E-state index is 0.145. The number of carbonyl (C=O) groups is 1. The third kappa shape index (κ3) is 5.79. The molecule has 1 amide bonds. The summed E-state index contributed by atoms with van der Waals surface area (Å²) in [6, 6.07) is 10.6. The SMILES string of the molecule is COc1cc(-c2ccnc(N3CCN(C(=O)c4ccccc4OC(F)(F)F)CC3)n2)cc(OC)c1OC. The van der Waals surface area contributed by atoms with Gasteiger partial charge < -0.3 is 28.7 Å². The standard InChI is InChI=1S/C25H25F3N4O5/c1-34-20-14-16(15-21(35-2)22(20)36-3)18-8-9-29-24(30-18)32-12-10-31(11-13-32)23(33)17-6-4-5-7-19(17)37-25(26,27)28/h4-9,14-15H,10-13H2,1-3H3. The Morgan fingerprint density at radius 3 is 2.14 bits per heavy atom. The Balaban J connectivity index is 1.49. The van der Waals surface area contributed by atoms with Gasteiger partial charge in [-0.15, -0.1) is 13.2 Å². The van der Waals surface area contributed by atoms with Crippen LogP contribution in [0, 0.1) is 0 Å². The molecule has 1 saturated heterocycles. The van der Waals surface area contributed by atoms with Crippen molar-refractivity contribution < 1.29 is 36.9 Å². The summed E-state index contributed by atoms with van der Waals surface area (Å²) < 4.78 is 58.5. The molecule has 1 fully saturated rings. The smallest absolute Gasteiger partial charge is 0.493 e. The summed E-state index contributed by atoms with van der Waals surface area (Å²) >= 11 is 0. The van der Waals surface area contributed by atoms with Crippen LogP contribution in [0.1, 0.15) is 10.4 Å². The molecule has 37 heavy (non-hydrogen) atoms. The van der Waals surface area contributed by atoms with E-state index in [-0.39, 0.29) is 18.7 Å². The highest BCUT2D eigenvalue weighted by molar-refractivity contribution is 5.97. The van der Waals surface area contributed by atoms with Gasteiger partial charge in [0.05, 0.1) is 32.6 Å². The van der Waals surface area contributed by atoms with E-state index >= 15 is 0 Å². The first kappa shape index (κ1) is 25.9. The van der Waals surface area contributed by atoms with E-state index in [4.69, 9.17) is 14.2 Å². The first-order chi connectivity index (χ1) is 17.7. The molecule has 0 N–H and O–H groups in total. The molecule has 0 radical (unpaired) electrons. The zero-order chi connectivity index (χ0) is 26.6. The van der Waals surface area contributed by atoms with Crippen LogP contribution in [0.2, 0.25) is 0 Å². The monoisotopic (exact) mass is 518 g/mol. The molecule has 1 aliphatic heterocycles. The van der Waals surface area contributed by atoms with E-state index in [0.717, 1.165) is 11.6 Å². The molecular weight excluding hydrogens is 493 g/mol. The van der Waals surface area contributed by atoms with Crippen LogP contribution >= 0.6 is 0 Å².